The lowest BCUT2D eigenvalue weighted by atomic mass is 10.2. The van der Waals surface area contributed by atoms with Crippen LogP contribution in [-0.4, -0.2) is 32.8 Å². The Morgan fingerprint density at radius 3 is 2.39 bits per heavy atom. The molecule has 6 nitrogen and oxygen atoms in total. The van der Waals surface area contributed by atoms with Crippen molar-refractivity contribution in [3.63, 3.8) is 0 Å². The van der Waals surface area contributed by atoms with Crippen LogP contribution >= 0.6 is 11.8 Å². The number of benzene rings is 3. The molecule has 3 aromatic carbocycles. The van der Waals surface area contributed by atoms with E-state index in [1.54, 1.807) is 19.2 Å². The summed E-state index contributed by atoms with van der Waals surface area (Å²) in [5, 5.41) is 0.943. The average Bonchev–Trinajstić information content (AvgIpc) is 3.21. The van der Waals surface area contributed by atoms with Gasteiger partial charge in [0.05, 0.1) is 29.5 Å². The highest BCUT2D eigenvalue weighted by Gasteiger charge is 2.20. The van der Waals surface area contributed by atoms with Gasteiger partial charge in [-0.3, -0.25) is 14.2 Å². The summed E-state index contributed by atoms with van der Waals surface area (Å²) >= 11 is 1.25. The molecule has 7 heteroatoms. The topological polar surface area (TPSA) is 66.1 Å². The van der Waals surface area contributed by atoms with Crippen molar-refractivity contribution in [1.82, 2.24) is 14.1 Å². The van der Waals surface area contributed by atoms with Crippen LogP contribution in [-0.2, 0) is 0 Å². The predicted octanol–water partition coefficient (Wildman–Crippen LogP) is 5.78. The van der Waals surface area contributed by atoms with E-state index in [-0.39, 0.29) is 17.1 Å². The maximum absolute atomic E-state index is 13.6. The van der Waals surface area contributed by atoms with Crippen LogP contribution in [0.15, 0.2) is 94.9 Å². The van der Waals surface area contributed by atoms with Gasteiger partial charge in [0.25, 0.3) is 5.56 Å². The van der Waals surface area contributed by atoms with E-state index in [2.05, 4.69) is 4.57 Å². The number of ketones is 1. The number of thioether (sulfide) groups is 1. The molecule has 0 fully saturated rings. The van der Waals surface area contributed by atoms with E-state index in [1.807, 2.05) is 86.6 Å². The number of carbonyl (C=O) groups excluding carboxylic acids is 1. The molecular weight excluding hydrogens is 470 g/mol. The zero-order valence-corrected chi connectivity index (χ0v) is 21.1. The second-order valence-electron chi connectivity index (χ2n) is 8.39. The van der Waals surface area contributed by atoms with E-state index in [0.717, 1.165) is 17.1 Å². The highest BCUT2D eigenvalue weighted by atomic mass is 32.2. The summed E-state index contributed by atoms with van der Waals surface area (Å²) in [5.74, 6) is 0.666. The fourth-order valence-electron chi connectivity index (χ4n) is 4.46. The van der Waals surface area contributed by atoms with Crippen molar-refractivity contribution in [3.05, 3.63) is 112 Å². The molecule has 5 aromatic rings. The summed E-state index contributed by atoms with van der Waals surface area (Å²) in [6, 6.07) is 26.4. The molecule has 180 valence electrons. The lowest BCUT2D eigenvalue weighted by Gasteiger charge is -2.15. The molecule has 0 aliphatic carbocycles. The minimum atomic E-state index is -0.206. The van der Waals surface area contributed by atoms with Crippen LogP contribution in [0.5, 0.6) is 5.75 Å². The molecule has 36 heavy (non-hydrogen) atoms. The third-order valence-electron chi connectivity index (χ3n) is 6.15. The first-order chi connectivity index (χ1) is 17.5. The van der Waals surface area contributed by atoms with Gasteiger partial charge < -0.3 is 9.30 Å². The number of hydrogen-bond donors (Lipinski definition) is 0. The standard InChI is InChI=1S/C29H25N3O3S/c1-19-17-23(20(2)31(19)21-11-5-4-6-12-21)26(33)18-36-29-30-24-14-8-7-13-22(24)28(34)32(29)25-15-9-10-16-27(25)35-3/h4-17H,18H2,1-3H3. The monoisotopic (exact) mass is 495 g/mol. The largest absolute Gasteiger partial charge is 0.495 e. The zero-order valence-electron chi connectivity index (χ0n) is 20.3. The lowest BCUT2D eigenvalue weighted by molar-refractivity contribution is 0.102. The lowest BCUT2D eigenvalue weighted by Crippen LogP contribution is -2.22. The molecular formula is C29H25N3O3S. The summed E-state index contributed by atoms with van der Waals surface area (Å²) < 4.78 is 9.14. The number of aryl methyl sites for hydroxylation is 1. The molecule has 0 bridgehead atoms. The van der Waals surface area contributed by atoms with Crippen LogP contribution in [0.1, 0.15) is 21.7 Å². The van der Waals surface area contributed by atoms with Crippen molar-refractivity contribution in [2.75, 3.05) is 12.9 Å². The summed E-state index contributed by atoms with van der Waals surface area (Å²) in [5.41, 5.74) is 4.52. The molecule has 0 saturated heterocycles. The molecule has 0 saturated carbocycles. The minimum Gasteiger partial charge on any atom is -0.495 e. The van der Waals surface area contributed by atoms with Gasteiger partial charge in [-0.15, -0.1) is 0 Å². The highest BCUT2D eigenvalue weighted by molar-refractivity contribution is 7.99. The average molecular weight is 496 g/mol. The van der Waals surface area contributed by atoms with Gasteiger partial charge in [0.1, 0.15) is 5.75 Å². The normalized spacial score (nSPS) is 11.1. The number of methoxy groups -OCH3 is 1. The van der Waals surface area contributed by atoms with Gasteiger partial charge in [-0.2, -0.15) is 0 Å². The first-order valence-electron chi connectivity index (χ1n) is 11.5. The maximum Gasteiger partial charge on any atom is 0.266 e. The molecule has 0 N–H and O–H groups in total. The molecule has 0 spiro atoms. The number of carbonyl (C=O) groups is 1. The Kier molecular flexibility index (Phi) is 6.48. The fourth-order valence-corrected chi connectivity index (χ4v) is 5.35. The first kappa shape index (κ1) is 23.6. The molecule has 2 heterocycles. The third-order valence-corrected chi connectivity index (χ3v) is 7.09. The van der Waals surface area contributed by atoms with Crippen molar-refractivity contribution >= 4 is 28.4 Å². The van der Waals surface area contributed by atoms with Crippen molar-refractivity contribution in [2.45, 2.75) is 19.0 Å². The Hall–Kier alpha value is -4.10. The Morgan fingerprint density at radius 2 is 1.61 bits per heavy atom. The van der Waals surface area contributed by atoms with Gasteiger partial charge in [-0.05, 0) is 56.3 Å². The van der Waals surface area contributed by atoms with Gasteiger partial charge in [0.15, 0.2) is 10.9 Å². The number of aromatic nitrogens is 3. The number of hydrogen-bond acceptors (Lipinski definition) is 5. The summed E-state index contributed by atoms with van der Waals surface area (Å²) in [6.45, 7) is 3.95. The van der Waals surface area contributed by atoms with Gasteiger partial charge >= 0.3 is 0 Å². The highest BCUT2D eigenvalue weighted by Crippen LogP contribution is 2.28. The Balaban J connectivity index is 1.54. The minimum absolute atomic E-state index is 0.0238. The van der Waals surface area contributed by atoms with Crippen molar-refractivity contribution in [2.24, 2.45) is 0 Å². The van der Waals surface area contributed by atoms with Crippen LogP contribution in [0.3, 0.4) is 0 Å². The Labute approximate surface area is 213 Å². The van der Waals surface area contributed by atoms with Crippen LogP contribution in [0.4, 0.5) is 0 Å². The van der Waals surface area contributed by atoms with E-state index in [4.69, 9.17) is 9.72 Å². The Morgan fingerprint density at radius 1 is 0.917 bits per heavy atom. The van der Waals surface area contributed by atoms with E-state index in [1.165, 1.54) is 16.3 Å². The molecule has 5 rings (SSSR count). The van der Waals surface area contributed by atoms with Gasteiger partial charge in [-0.25, -0.2) is 4.98 Å². The van der Waals surface area contributed by atoms with E-state index >= 15 is 0 Å². The van der Waals surface area contributed by atoms with Crippen molar-refractivity contribution < 1.29 is 9.53 Å². The second-order valence-corrected chi connectivity index (χ2v) is 9.33. The molecule has 0 amide bonds. The van der Waals surface area contributed by atoms with E-state index in [0.29, 0.717) is 33.1 Å². The summed E-state index contributed by atoms with van der Waals surface area (Å²) in [7, 11) is 1.57. The van der Waals surface area contributed by atoms with Gasteiger partial charge in [-0.1, -0.05) is 54.2 Å². The van der Waals surface area contributed by atoms with Crippen LogP contribution in [0, 0.1) is 13.8 Å². The number of ether oxygens (including phenoxy) is 1. The number of Topliss-reactive ketones (excluding diaryl/α,β-unsaturated/α-hetero) is 1. The van der Waals surface area contributed by atoms with Crippen molar-refractivity contribution in [1.29, 1.82) is 0 Å². The molecule has 0 aliphatic heterocycles. The SMILES string of the molecule is COc1ccccc1-n1c(SCC(=O)c2cc(C)n(-c3ccccc3)c2C)nc2ccccc2c1=O. The number of fused-ring (bicyclic) bond motifs is 1. The summed E-state index contributed by atoms with van der Waals surface area (Å²) in [6.07, 6.45) is 0. The Bertz CT molecular complexity index is 1640. The van der Waals surface area contributed by atoms with E-state index in [9.17, 15) is 9.59 Å². The van der Waals surface area contributed by atoms with Crippen LogP contribution in [0.25, 0.3) is 22.3 Å². The zero-order chi connectivity index (χ0) is 25.2. The summed E-state index contributed by atoms with van der Waals surface area (Å²) in [4.78, 5) is 31.7. The maximum atomic E-state index is 13.6. The smallest absolute Gasteiger partial charge is 0.266 e. The molecule has 0 aliphatic rings. The van der Waals surface area contributed by atoms with E-state index < -0.39 is 0 Å². The number of nitrogens with zero attached hydrogens (tertiary/aromatic N) is 3. The predicted molar refractivity (Wildman–Crippen MR) is 144 cm³/mol. The fraction of sp³-hybridized carbons (Fsp3) is 0.138. The van der Waals surface area contributed by atoms with Gasteiger partial charge in [0.2, 0.25) is 0 Å². The molecule has 0 unspecified atom stereocenters. The third kappa shape index (κ3) is 4.22. The van der Waals surface area contributed by atoms with Gasteiger partial charge in [0, 0.05) is 22.6 Å². The first-order valence-corrected chi connectivity index (χ1v) is 12.5. The molecule has 0 radical (unpaired) electrons. The quantitative estimate of drug-likeness (QED) is 0.163. The number of para-hydroxylation sites is 4. The molecule has 2 aromatic heterocycles. The second kappa shape index (κ2) is 9.87. The number of rotatable bonds is 7. The van der Waals surface area contributed by atoms with Crippen molar-refractivity contribution in [3.8, 4) is 17.1 Å². The van der Waals surface area contributed by atoms with Crippen LogP contribution < -0.4 is 10.3 Å². The molecule has 0 atom stereocenters. The van der Waals surface area contributed by atoms with Crippen LogP contribution in [0.2, 0.25) is 0 Å².